The normalized spacial score (nSPS) is 27.2. The standard InChI is InChI=1S/C24H14BrClN2O4/c25-17-11-12(28(31)32)9-10-18(17)27-22(29)20-19-13-5-1-3-7-15(13)24(26,21(20)23(27)30)16-8-4-2-6-14(16)19/h1-11,19-21H/t19?,20-,21+,24?/m1/s1. The minimum atomic E-state index is -1.17. The van der Waals surface area contributed by atoms with E-state index in [0.717, 1.165) is 27.2 Å². The molecule has 6 nitrogen and oxygen atoms in total. The Balaban J connectivity index is 1.57. The molecule has 0 radical (unpaired) electrons. The Morgan fingerprint density at radius 2 is 1.53 bits per heavy atom. The van der Waals surface area contributed by atoms with Crippen molar-refractivity contribution in [3.63, 3.8) is 0 Å². The third kappa shape index (κ3) is 2.25. The molecule has 32 heavy (non-hydrogen) atoms. The topological polar surface area (TPSA) is 80.5 Å². The van der Waals surface area contributed by atoms with Gasteiger partial charge in [0.15, 0.2) is 0 Å². The molecule has 2 atom stereocenters. The van der Waals surface area contributed by atoms with Gasteiger partial charge in [-0.2, -0.15) is 0 Å². The summed E-state index contributed by atoms with van der Waals surface area (Å²) in [6.45, 7) is 0. The zero-order valence-corrected chi connectivity index (χ0v) is 18.7. The molecule has 0 aromatic heterocycles. The van der Waals surface area contributed by atoms with Crippen LogP contribution >= 0.6 is 27.5 Å². The van der Waals surface area contributed by atoms with Gasteiger partial charge >= 0.3 is 0 Å². The lowest BCUT2D eigenvalue weighted by Gasteiger charge is -2.50. The van der Waals surface area contributed by atoms with E-state index in [2.05, 4.69) is 15.9 Å². The Hall–Kier alpha value is -3.03. The summed E-state index contributed by atoms with van der Waals surface area (Å²) >= 11 is 10.7. The maximum atomic E-state index is 13.8. The van der Waals surface area contributed by atoms with E-state index >= 15 is 0 Å². The van der Waals surface area contributed by atoms with Gasteiger partial charge in [0.25, 0.3) is 5.69 Å². The van der Waals surface area contributed by atoms with Gasteiger partial charge in [-0.15, -0.1) is 11.6 Å². The lowest BCUT2D eigenvalue weighted by Crippen LogP contribution is -2.50. The van der Waals surface area contributed by atoms with Crippen LogP contribution in [0.1, 0.15) is 28.2 Å². The van der Waals surface area contributed by atoms with Crippen LogP contribution in [0, 0.1) is 22.0 Å². The van der Waals surface area contributed by atoms with Gasteiger partial charge in [-0.25, -0.2) is 4.90 Å². The van der Waals surface area contributed by atoms with Crippen LogP contribution < -0.4 is 4.90 Å². The van der Waals surface area contributed by atoms with Crippen molar-refractivity contribution in [1.29, 1.82) is 0 Å². The van der Waals surface area contributed by atoms with Gasteiger partial charge in [-0.1, -0.05) is 48.5 Å². The number of benzene rings is 3. The molecule has 158 valence electrons. The summed E-state index contributed by atoms with van der Waals surface area (Å²) in [6, 6.07) is 19.5. The number of nitrogens with zero attached hydrogens (tertiary/aromatic N) is 2. The highest BCUT2D eigenvalue weighted by Crippen LogP contribution is 2.66. The van der Waals surface area contributed by atoms with Crippen LogP contribution in [0.4, 0.5) is 11.4 Å². The fourth-order valence-electron chi connectivity index (χ4n) is 5.71. The third-order valence-corrected chi connectivity index (χ3v) is 8.17. The first-order chi connectivity index (χ1) is 15.4. The highest BCUT2D eigenvalue weighted by Gasteiger charge is 2.68. The number of nitro groups is 1. The van der Waals surface area contributed by atoms with Crippen molar-refractivity contribution in [3.8, 4) is 0 Å². The molecule has 2 amide bonds. The number of amides is 2. The van der Waals surface area contributed by atoms with Gasteiger partial charge in [-0.05, 0) is 44.3 Å². The van der Waals surface area contributed by atoms with Gasteiger partial charge in [0.05, 0.1) is 22.4 Å². The molecule has 3 aromatic rings. The number of hydrogen-bond donors (Lipinski definition) is 0. The van der Waals surface area contributed by atoms with E-state index in [-0.39, 0.29) is 23.2 Å². The molecule has 0 spiro atoms. The van der Waals surface area contributed by atoms with E-state index in [4.69, 9.17) is 11.6 Å². The fourth-order valence-corrected chi connectivity index (χ4v) is 6.82. The molecule has 1 saturated heterocycles. The van der Waals surface area contributed by atoms with Gasteiger partial charge < -0.3 is 0 Å². The number of nitro benzene ring substituents is 1. The quantitative estimate of drug-likeness (QED) is 0.208. The average Bonchev–Trinajstić information content (AvgIpc) is 3.06. The second-order valence-corrected chi connectivity index (χ2v) is 9.72. The maximum absolute atomic E-state index is 13.8. The number of hydrogen-bond acceptors (Lipinski definition) is 4. The first-order valence-corrected chi connectivity index (χ1v) is 11.2. The van der Waals surface area contributed by atoms with E-state index in [0.29, 0.717) is 4.47 Å². The Kier molecular flexibility index (Phi) is 3.99. The summed E-state index contributed by atoms with van der Waals surface area (Å²) in [5.74, 6) is -2.43. The molecule has 1 heterocycles. The predicted molar refractivity (Wildman–Crippen MR) is 122 cm³/mol. The molecule has 1 fully saturated rings. The van der Waals surface area contributed by atoms with E-state index in [1.807, 2.05) is 48.5 Å². The van der Waals surface area contributed by atoms with Crippen molar-refractivity contribution < 1.29 is 14.5 Å². The van der Waals surface area contributed by atoms with E-state index < -0.39 is 27.5 Å². The summed E-state index contributed by atoms with van der Waals surface area (Å²) in [6.07, 6.45) is 0. The maximum Gasteiger partial charge on any atom is 0.270 e. The monoisotopic (exact) mass is 508 g/mol. The number of carbonyl (C=O) groups excluding carboxylic acids is 2. The lowest BCUT2D eigenvalue weighted by molar-refractivity contribution is -0.384. The number of alkyl halides is 1. The number of imide groups is 1. The van der Waals surface area contributed by atoms with Crippen molar-refractivity contribution in [2.75, 3.05) is 4.90 Å². The molecule has 0 unspecified atom stereocenters. The number of non-ortho nitro benzene ring substituents is 1. The number of halogens is 2. The van der Waals surface area contributed by atoms with Crippen molar-refractivity contribution >= 4 is 50.7 Å². The lowest BCUT2D eigenvalue weighted by atomic mass is 9.54. The van der Waals surface area contributed by atoms with Gasteiger partial charge in [-0.3, -0.25) is 19.7 Å². The largest absolute Gasteiger partial charge is 0.274 e. The molecule has 2 bridgehead atoms. The highest BCUT2D eigenvalue weighted by atomic mass is 79.9. The summed E-state index contributed by atoms with van der Waals surface area (Å²) in [5.41, 5.74) is 3.80. The Morgan fingerprint density at radius 1 is 0.938 bits per heavy atom. The summed E-state index contributed by atoms with van der Waals surface area (Å²) < 4.78 is 0.304. The molecule has 0 N–H and O–H groups in total. The minimum Gasteiger partial charge on any atom is -0.274 e. The SMILES string of the molecule is O=C1[C@@H]2C3c4ccccc4C(Cl)(c4ccccc43)[C@@H]2C(=O)N1c1ccc([N+](=O)[O-])cc1Br. The molecule has 8 heteroatoms. The number of rotatable bonds is 2. The minimum absolute atomic E-state index is 0.133. The zero-order chi connectivity index (χ0) is 22.4. The van der Waals surface area contributed by atoms with Crippen LogP contribution in [0.15, 0.2) is 71.2 Å². The second-order valence-electron chi connectivity index (χ2n) is 8.27. The molecular formula is C24H14BrClN2O4. The van der Waals surface area contributed by atoms with Crippen molar-refractivity contribution in [2.45, 2.75) is 10.8 Å². The fraction of sp³-hybridized carbons (Fsp3) is 0.167. The second kappa shape index (κ2) is 6.49. The molecule has 3 aliphatic carbocycles. The van der Waals surface area contributed by atoms with Crippen LogP contribution in [-0.2, 0) is 14.5 Å². The molecule has 0 saturated carbocycles. The van der Waals surface area contributed by atoms with Crippen LogP contribution in [0.2, 0.25) is 0 Å². The van der Waals surface area contributed by atoms with Gasteiger partial charge in [0.2, 0.25) is 11.8 Å². The zero-order valence-electron chi connectivity index (χ0n) is 16.4. The summed E-state index contributed by atoms with van der Waals surface area (Å²) in [5, 5.41) is 11.1. The van der Waals surface area contributed by atoms with E-state index in [9.17, 15) is 19.7 Å². The Labute approximate surface area is 196 Å². The van der Waals surface area contributed by atoms with Crippen molar-refractivity contribution in [2.24, 2.45) is 11.8 Å². The average molecular weight is 510 g/mol. The molecule has 7 rings (SSSR count). The summed E-state index contributed by atoms with van der Waals surface area (Å²) in [4.78, 5) is 38.1. The van der Waals surface area contributed by atoms with Crippen LogP contribution in [-0.4, -0.2) is 16.7 Å². The van der Waals surface area contributed by atoms with E-state index in [1.54, 1.807) is 0 Å². The predicted octanol–water partition coefficient (Wildman–Crippen LogP) is 5.10. The molecule has 3 aromatic carbocycles. The molecule has 4 aliphatic rings. The first kappa shape index (κ1) is 19.6. The van der Waals surface area contributed by atoms with E-state index in [1.165, 1.54) is 18.2 Å². The van der Waals surface area contributed by atoms with Gasteiger partial charge in [0.1, 0.15) is 4.87 Å². The van der Waals surface area contributed by atoms with Crippen molar-refractivity contribution in [1.82, 2.24) is 0 Å². The number of anilines is 1. The first-order valence-electron chi connectivity index (χ1n) is 10.0. The van der Waals surface area contributed by atoms with Crippen LogP contribution in [0.3, 0.4) is 0 Å². The smallest absolute Gasteiger partial charge is 0.270 e. The number of carbonyl (C=O) groups is 2. The Bertz CT molecular complexity index is 1330. The van der Waals surface area contributed by atoms with Crippen LogP contribution in [0.25, 0.3) is 0 Å². The van der Waals surface area contributed by atoms with Crippen molar-refractivity contribution in [3.05, 3.63) is 104 Å². The molecular weight excluding hydrogens is 496 g/mol. The molecule has 1 aliphatic heterocycles. The summed E-state index contributed by atoms with van der Waals surface area (Å²) in [7, 11) is 0. The third-order valence-electron chi connectivity index (χ3n) is 6.90. The highest BCUT2D eigenvalue weighted by molar-refractivity contribution is 9.10. The van der Waals surface area contributed by atoms with Crippen LogP contribution in [0.5, 0.6) is 0 Å². The Morgan fingerprint density at radius 3 is 2.09 bits per heavy atom. The van der Waals surface area contributed by atoms with Gasteiger partial charge in [0, 0.05) is 22.5 Å².